The van der Waals surface area contributed by atoms with Gasteiger partial charge in [-0.15, -0.1) is 6.58 Å². The van der Waals surface area contributed by atoms with Crippen LogP contribution in [0.3, 0.4) is 0 Å². The van der Waals surface area contributed by atoms with Crippen LogP contribution in [0.2, 0.25) is 0 Å². The van der Waals surface area contributed by atoms with E-state index in [-0.39, 0.29) is 11.8 Å². The van der Waals surface area contributed by atoms with Crippen molar-refractivity contribution in [3.63, 3.8) is 0 Å². The van der Waals surface area contributed by atoms with Crippen LogP contribution in [0.5, 0.6) is 0 Å². The Balaban J connectivity index is 1.71. The van der Waals surface area contributed by atoms with Crippen molar-refractivity contribution >= 4 is 5.91 Å². The molecule has 3 rings (SSSR count). The highest BCUT2D eigenvalue weighted by molar-refractivity contribution is 5.87. The van der Waals surface area contributed by atoms with Crippen LogP contribution in [-0.4, -0.2) is 41.6 Å². The zero-order valence-corrected chi connectivity index (χ0v) is 13.9. The van der Waals surface area contributed by atoms with Crippen LogP contribution in [-0.2, 0) is 10.4 Å². The van der Waals surface area contributed by atoms with Crippen LogP contribution < -0.4 is 5.32 Å². The number of rotatable bonds is 6. The van der Waals surface area contributed by atoms with E-state index in [1.165, 1.54) is 0 Å². The van der Waals surface area contributed by atoms with Crippen molar-refractivity contribution < 1.29 is 9.90 Å². The molecule has 124 valence electrons. The number of nitrogens with one attached hydrogen (secondary N) is 1. The number of amides is 1. The minimum Gasteiger partial charge on any atom is -0.375 e. The Morgan fingerprint density at radius 2 is 2.00 bits per heavy atom. The fourth-order valence-electron chi connectivity index (χ4n) is 3.85. The number of aliphatic hydroxyl groups is 1. The molecule has 0 bridgehead atoms. The first-order chi connectivity index (χ1) is 11.0. The summed E-state index contributed by atoms with van der Waals surface area (Å²) < 4.78 is 0. The van der Waals surface area contributed by atoms with Gasteiger partial charge in [0.1, 0.15) is 0 Å². The highest BCUT2D eigenvalue weighted by Gasteiger charge is 2.58. The van der Waals surface area contributed by atoms with Gasteiger partial charge in [-0.1, -0.05) is 50.3 Å². The fourth-order valence-corrected chi connectivity index (χ4v) is 3.85. The summed E-state index contributed by atoms with van der Waals surface area (Å²) in [4.78, 5) is 14.9. The molecule has 2 fully saturated rings. The van der Waals surface area contributed by atoms with Crippen molar-refractivity contribution in [2.24, 2.45) is 17.8 Å². The molecule has 3 unspecified atom stereocenters. The molecule has 1 aliphatic heterocycles. The van der Waals surface area contributed by atoms with E-state index in [9.17, 15) is 9.90 Å². The number of piperidine rings is 1. The fraction of sp³-hybridized carbons (Fsp3) is 0.526. The minimum atomic E-state index is -1.44. The van der Waals surface area contributed by atoms with Crippen LogP contribution in [0.15, 0.2) is 43.0 Å². The maximum atomic E-state index is 13.0. The van der Waals surface area contributed by atoms with Gasteiger partial charge in [-0.25, -0.2) is 0 Å². The van der Waals surface area contributed by atoms with Crippen LogP contribution in [0.4, 0.5) is 0 Å². The molecule has 1 aromatic rings. The monoisotopic (exact) mass is 314 g/mol. The molecule has 4 nitrogen and oxygen atoms in total. The van der Waals surface area contributed by atoms with Gasteiger partial charge in [0.15, 0.2) is 5.60 Å². The van der Waals surface area contributed by atoms with Gasteiger partial charge < -0.3 is 15.3 Å². The van der Waals surface area contributed by atoms with E-state index in [2.05, 4.69) is 11.9 Å². The zero-order valence-electron chi connectivity index (χ0n) is 13.9. The minimum absolute atomic E-state index is 0.159. The average molecular weight is 314 g/mol. The van der Waals surface area contributed by atoms with Gasteiger partial charge in [-0.05, 0) is 23.3 Å². The van der Waals surface area contributed by atoms with E-state index in [1.54, 1.807) is 0 Å². The second-order valence-corrected chi connectivity index (χ2v) is 7.05. The number of likely N-dealkylation sites (tertiary alicyclic amines) is 1. The second kappa shape index (κ2) is 6.10. The van der Waals surface area contributed by atoms with E-state index < -0.39 is 5.60 Å². The summed E-state index contributed by atoms with van der Waals surface area (Å²) in [6, 6.07) is 9.81. The number of carbonyl (C=O) groups excluding carboxylic acids is 1. The molecule has 1 aliphatic carbocycles. The molecule has 1 amide bonds. The first-order valence-electron chi connectivity index (χ1n) is 8.41. The lowest BCUT2D eigenvalue weighted by atomic mass is 9.82. The predicted molar refractivity (Wildman–Crippen MR) is 90.7 cm³/mol. The molecule has 0 aromatic heterocycles. The Morgan fingerprint density at radius 1 is 1.39 bits per heavy atom. The van der Waals surface area contributed by atoms with Crippen LogP contribution >= 0.6 is 0 Å². The van der Waals surface area contributed by atoms with Gasteiger partial charge in [0.05, 0.1) is 0 Å². The van der Waals surface area contributed by atoms with E-state index >= 15 is 0 Å². The lowest BCUT2D eigenvalue weighted by Gasteiger charge is -2.35. The first kappa shape index (κ1) is 16.2. The summed E-state index contributed by atoms with van der Waals surface area (Å²) in [5.74, 6) is 0.703. The van der Waals surface area contributed by atoms with E-state index in [1.807, 2.05) is 55.2 Å². The Bertz CT molecular complexity index is 574. The number of carbonyl (C=O) groups is 1. The maximum Gasteiger partial charge on any atom is 0.259 e. The molecule has 23 heavy (non-hydrogen) atoms. The summed E-state index contributed by atoms with van der Waals surface area (Å²) in [5, 5.41) is 14.6. The highest BCUT2D eigenvalue weighted by atomic mass is 16.3. The zero-order chi connectivity index (χ0) is 16.6. The number of hydrogen-bond donors (Lipinski definition) is 2. The van der Waals surface area contributed by atoms with Gasteiger partial charge in [0, 0.05) is 25.7 Å². The third-order valence-corrected chi connectivity index (χ3v) is 5.35. The number of hydrogen-bond acceptors (Lipinski definition) is 3. The third-order valence-electron chi connectivity index (χ3n) is 5.35. The topological polar surface area (TPSA) is 52.6 Å². The van der Waals surface area contributed by atoms with Crippen LogP contribution in [0, 0.1) is 17.8 Å². The van der Waals surface area contributed by atoms with Crippen molar-refractivity contribution in [3.05, 3.63) is 48.6 Å². The average Bonchev–Trinajstić information content (AvgIpc) is 3.01. The van der Waals surface area contributed by atoms with Crippen molar-refractivity contribution in [2.75, 3.05) is 19.6 Å². The number of benzene rings is 1. The van der Waals surface area contributed by atoms with Gasteiger partial charge in [-0.3, -0.25) is 4.79 Å². The molecule has 1 saturated carbocycles. The largest absolute Gasteiger partial charge is 0.375 e. The van der Waals surface area contributed by atoms with Crippen molar-refractivity contribution in [1.29, 1.82) is 0 Å². The van der Waals surface area contributed by atoms with Gasteiger partial charge in [0.2, 0.25) is 0 Å². The van der Waals surface area contributed by atoms with Crippen LogP contribution in [0.1, 0.15) is 19.4 Å². The summed E-state index contributed by atoms with van der Waals surface area (Å²) in [7, 11) is 0. The molecule has 3 atom stereocenters. The standard InChI is InChI=1S/C19H26N2O2/c1-4-10-20-17-15-11-21(12-16(15)17)18(22)19(23,13(2)3)14-8-6-5-7-9-14/h4-9,13,15-17,20,23H,1,10-12H2,2-3H3. The molecule has 4 heteroatoms. The molecule has 1 heterocycles. The summed E-state index contributed by atoms with van der Waals surface area (Å²) in [6.07, 6.45) is 1.86. The highest BCUT2D eigenvalue weighted by Crippen LogP contribution is 2.47. The molecule has 2 N–H and O–H groups in total. The molecule has 1 saturated heterocycles. The predicted octanol–water partition coefficient (Wildman–Crippen LogP) is 1.76. The number of fused-ring (bicyclic) bond motifs is 1. The SMILES string of the molecule is C=CCNC1C2CN(C(=O)C(O)(c3ccccc3)C(C)C)CC21. The van der Waals surface area contributed by atoms with Crippen molar-refractivity contribution in [2.45, 2.75) is 25.5 Å². The molecule has 0 radical (unpaired) electrons. The molecular weight excluding hydrogens is 288 g/mol. The Morgan fingerprint density at radius 3 is 2.52 bits per heavy atom. The normalized spacial score (nSPS) is 28.3. The van der Waals surface area contributed by atoms with E-state index in [4.69, 9.17) is 0 Å². The van der Waals surface area contributed by atoms with Crippen molar-refractivity contribution in [1.82, 2.24) is 10.2 Å². The second-order valence-electron chi connectivity index (χ2n) is 7.05. The molecular formula is C19H26N2O2. The summed E-state index contributed by atoms with van der Waals surface area (Å²) >= 11 is 0. The Kier molecular flexibility index (Phi) is 4.30. The quantitative estimate of drug-likeness (QED) is 0.787. The third kappa shape index (κ3) is 2.70. The molecule has 1 aromatic carbocycles. The Labute approximate surface area is 138 Å². The smallest absolute Gasteiger partial charge is 0.259 e. The first-order valence-corrected chi connectivity index (χ1v) is 8.41. The molecule has 0 spiro atoms. The molecule has 2 aliphatic rings. The van der Waals surface area contributed by atoms with Gasteiger partial charge >= 0.3 is 0 Å². The lowest BCUT2D eigenvalue weighted by molar-refractivity contribution is -0.157. The van der Waals surface area contributed by atoms with E-state index in [0.29, 0.717) is 23.4 Å². The summed E-state index contributed by atoms with van der Waals surface area (Å²) in [6.45, 7) is 9.80. The van der Waals surface area contributed by atoms with Crippen molar-refractivity contribution in [3.8, 4) is 0 Å². The summed E-state index contributed by atoms with van der Waals surface area (Å²) in [5.41, 5.74) is -0.760. The van der Waals surface area contributed by atoms with Gasteiger partial charge in [0.25, 0.3) is 5.91 Å². The maximum absolute atomic E-state index is 13.0. The number of nitrogens with zero attached hydrogens (tertiary/aromatic N) is 1. The van der Waals surface area contributed by atoms with Crippen LogP contribution in [0.25, 0.3) is 0 Å². The Hall–Kier alpha value is -1.65. The van der Waals surface area contributed by atoms with E-state index in [0.717, 1.165) is 19.6 Å². The lowest BCUT2D eigenvalue weighted by Crippen LogP contribution is -2.50. The van der Waals surface area contributed by atoms with Gasteiger partial charge in [-0.2, -0.15) is 0 Å².